The second kappa shape index (κ2) is 4.81. The van der Waals surface area contributed by atoms with Gasteiger partial charge in [0.1, 0.15) is 0 Å². The summed E-state index contributed by atoms with van der Waals surface area (Å²) in [6.45, 7) is 0. The average Bonchev–Trinajstić information content (AvgIpc) is 2.20. The van der Waals surface area contributed by atoms with Gasteiger partial charge in [-0.05, 0) is 6.07 Å². The summed E-state index contributed by atoms with van der Waals surface area (Å²) in [5.74, 6) is -0.0487. The van der Waals surface area contributed by atoms with E-state index in [1.165, 1.54) is 18.2 Å². The number of nitro benzene ring substituents is 1. The van der Waals surface area contributed by atoms with Crippen LogP contribution in [-0.2, 0) is 0 Å². The number of benzene rings is 1. The summed E-state index contributed by atoms with van der Waals surface area (Å²) in [6.07, 6.45) is 0. The van der Waals surface area contributed by atoms with Crippen LogP contribution in [-0.4, -0.2) is 10.9 Å². The SMILES string of the molecule is NC(=NCl)Nc1ccc([N+](=O)[O-])cc1Cl. The Balaban J connectivity index is 2.98. The van der Waals surface area contributed by atoms with Crippen LogP contribution in [0.5, 0.6) is 0 Å². The van der Waals surface area contributed by atoms with Crippen molar-refractivity contribution in [2.45, 2.75) is 0 Å². The number of rotatable bonds is 2. The van der Waals surface area contributed by atoms with Gasteiger partial charge in [0, 0.05) is 23.9 Å². The topological polar surface area (TPSA) is 93.5 Å². The molecular weight excluding hydrogens is 243 g/mol. The predicted octanol–water partition coefficient (Wildman–Crippen LogP) is 2.13. The molecule has 1 aromatic carbocycles. The lowest BCUT2D eigenvalue weighted by molar-refractivity contribution is -0.384. The molecule has 0 aliphatic heterocycles. The molecule has 1 aromatic rings. The molecule has 0 saturated heterocycles. The minimum atomic E-state index is -0.547. The van der Waals surface area contributed by atoms with Crippen molar-refractivity contribution in [2.75, 3.05) is 5.32 Å². The van der Waals surface area contributed by atoms with Gasteiger partial charge in [0.05, 0.1) is 15.6 Å². The number of anilines is 1. The number of hydrogen-bond acceptors (Lipinski definition) is 3. The van der Waals surface area contributed by atoms with Crippen LogP contribution in [0.4, 0.5) is 11.4 Å². The molecule has 0 unspecified atom stereocenters. The fourth-order valence-electron chi connectivity index (χ4n) is 0.878. The van der Waals surface area contributed by atoms with Crippen LogP contribution in [0, 0.1) is 10.1 Å². The molecule has 0 heterocycles. The van der Waals surface area contributed by atoms with Gasteiger partial charge in [0.2, 0.25) is 5.96 Å². The van der Waals surface area contributed by atoms with Crippen molar-refractivity contribution in [3.63, 3.8) is 0 Å². The third-order valence-corrected chi connectivity index (χ3v) is 2.01. The molecule has 0 aliphatic carbocycles. The summed E-state index contributed by atoms with van der Waals surface area (Å²) in [5, 5.41) is 13.1. The third kappa shape index (κ3) is 2.97. The fraction of sp³-hybridized carbons (Fsp3) is 0. The van der Waals surface area contributed by atoms with Crippen molar-refractivity contribution in [1.82, 2.24) is 0 Å². The fourth-order valence-corrected chi connectivity index (χ4v) is 1.14. The van der Waals surface area contributed by atoms with E-state index in [0.29, 0.717) is 5.69 Å². The lowest BCUT2D eigenvalue weighted by Gasteiger charge is -2.05. The van der Waals surface area contributed by atoms with E-state index in [2.05, 4.69) is 9.83 Å². The number of halogens is 2. The van der Waals surface area contributed by atoms with E-state index in [9.17, 15) is 10.1 Å². The van der Waals surface area contributed by atoms with Gasteiger partial charge in [0.15, 0.2) is 0 Å². The Labute approximate surface area is 95.0 Å². The van der Waals surface area contributed by atoms with E-state index in [0.717, 1.165) is 0 Å². The highest BCUT2D eigenvalue weighted by Crippen LogP contribution is 2.26. The van der Waals surface area contributed by atoms with E-state index in [1.807, 2.05) is 0 Å². The normalized spacial score (nSPS) is 11.2. The molecule has 0 aliphatic rings. The van der Waals surface area contributed by atoms with Crippen LogP contribution in [0.25, 0.3) is 0 Å². The van der Waals surface area contributed by atoms with Gasteiger partial charge >= 0.3 is 0 Å². The van der Waals surface area contributed by atoms with Gasteiger partial charge in [-0.15, -0.1) is 4.51 Å². The second-order valence-electron chi connectivity index (χ2n) is 2.52. The van der Waals surface area contributed by atoms with Crippen molar-refractivity contribution in [3.8, 4) is 0 Å². The summed E-state index contributed by atoms with van der Waals surface area (Å²) in [6, 6.07) is 3.90. The molecule has 0 atom stereocenters. The molecular formula is C7H6Cl2N4O2. The first kappa shape index (κ1) is 11.5. The molecule has 0 aromatic heterocycles. The largest absolute Gasteiger partial charge is 0.369 e. The maximum absolute atomic E-state index is 10.4. The quantitative estimate of drug-likeness (QED) is 0.363. The first-order valence-corrected chi connectivity index (χ1v) is 4.41. The Morgan fingerprint density at radius 3 is 2.73 bits per heavy atom. The maximum atomic E-state index is 10.4. The zero-order valence-electron chi connectivity index (χ0n) is 7.28. The summed E-state index contributed by atoms with van der Waals surface area (Å²) < 4.78 is 3.15. The summed E-state index contributed by atoms with van der Waals surface area (Å²) in [5.41, 5.74) is 5.57. The zero-order chi connectivity index (χ0) is 11.4. The molecule has 3 N–H and O–H groups in total. The standard InChI is InChI=1S/C7H6Cl2N4O2/c8-5-3-4(13(14)15)1-2-6(5)11-7(10)12-9/h1-3H,(H3,10,11,12). The number of nitrogens with one attached hydrogen (secondary N) is 1. The molecule has 80 valence electrons. The van der Waals surface area contributed by atoms with E-state index in [-0.39, 0.29) is 16.7 Å². The third-order valence-electron chi connectivity index (χ3n) is 1.52. The molecule has 6 nitrogen and oxygen atoms in total. The Hall–Kier alpha value is -1.53. The van der Waals surface area contributed by atoms with Crippen LogP contribution in [0.2, 0.25) is 5.02 Å². The van der Waals surface area contributed by atoms with Gasteiger partial charge in [-0.25, -0.2) is 0 Å². The molecule has 0 fully saturated rings. The Bertz CT molecular complexity index is 421. The van der Waals surface area contributed by atoms with Gasteiger partial charge in [0.25, 0.3) is 5.69 Å². The number of nitrogens with zero attached hydrogens (tertiary/aromatic N) is 2. The van der Waals surface area contributed by atoms with Crippen LogP contribution in [0.3, 0.4) is 0 Å². The minimum Gasteiger partial charge on any atom is -0.369 e. The molecule has 0 saturated carbocycles. The highest BCUT2D eigenvalue weighted by molar-refractivity contribution is 6.34. The second-order valence-corrected chi connectivity index (χ2v) is 3.09. The molecule has 0 bridgehead atoms. The lowest BCUT2D eigenvalue weighted by atomic mass is 10.3. The summed E-state index contributed by atoms with van der Waals surface area (Å²) >= 11 is 10.8. The van der Waals surface area contributed by atoms with Crippen LogP contribution in [0.1, 0.15) is 0 Å². The predicted molar refractivity (Wildman–Crippen MR) is 59.2 cm³/mol. The molecule has 0 radical (unpaired) electrons. The van der Waals surface area contributed by atoms with Gasteiger partial charge in [-0.1, -0.05) is 11.6 Å². The van der Waals surface area contributed by atoms with Crippen LogP contribution < -0.4 is 11.1 Å². The van der Waals surface area contributed by atoms with Gasteiger partial charge in [-0.3, -0.25) is 10.1 Å². The molecule has 8 heteroatoms. The Morgan fingerprint density at radius 2 is 2.27 bits per heavy atom. The summed E-state index contributed by atoms with van der Waals surface area (Å²) in [4.78, 5) is 9.85. The molecule has 0 amide bonds. The van der Waals surface area contributed by atoms with E-state index >= 15 is 0 Å². The Kier molecular flexibility index (Phi) is 3.70. The number of nitro groups is 1. The highest BCUT2D eigenvalue weighted by Gasteiger charge is 2.09. The molecule has 15 heavy (non-hydrogen) atoms. The zero-order valence-corrected chi connectivity index (χ0v) is 8.79. The van der Waals surface area contributed by atoms with Crippen molar-refractivity contribution in [1.29, 1.82) is 0 Å². The summed E-state index contributed by atoms with van der Waals surface area (Å²) in [7, 11) is 0. The van der Waals surface area contributed by atoms with Gasteiger partial charge in [-0.2, -0.15) is 0 Å². The number of hydrogen-bond donors (Lipinski definition) is 2. The molecule has 1 rings (SSSR count). The highest BCUT2D eigenvalue weighted by atomic mass is 35.5. The van der Waals surface area contributed by atoms with E-state index in [1.54, 1.807) is 0 Å². The smallest absolute Gasteiger partial charge is 0.271 e. The van der Waals surface area contributed by atoms with Crippen LogP contribution >= 0.6 is 23.4 Å². The lowest BCUT2D eigenvalue weighted by Crippen LogP contribution is -2.21. The maximum Gasteiger partial charge on any atom is 0.271 e. The van der Waals surface area contributed by atoms with Crippen molar-refractivity contribution >= 4 is 40.7 Å². The van der Waals surface area contributed by atoms with Crippen molar-refractivity contribution in [3.05, 3.63) is 33.3 Å². The van der Waals surface area contributed by atoms with Crippen LogP contribution in [0.15, 0.2) is 22.7 Å². The van der Waals surface area contributed by atoms with E-state index in [4.69, 9.17) is 29.1 Å². The minimum absolute atomic E-state index is 0.0487. The number of guanidine groups is 1. The molecule has 0 spiro atoms. The van der Waals surface area contributed by atoms with Crippen molar-refractivity contribution < 1.29 is 4.92 Å². The monoisotopic (exact) mass is 248 g/mol. The van der Waals surface area contributed by atoms with E-state index < -0.39 is 4.92 Å². The first-order chi connectivity index (χ1) is 7.04. The number of non-ortho nitro benzene ring substituents is 1. The number of nitrogens with two attached hydrogens (primary N) is 1. The average molecular weight is 249 g/mol. The first-order valence-electron chi connectivity index (χ1n) is 3.70. The van der Waals surface area contributed by atoms with Crippen molar-refractivity contribution in [2.24, 2.45) is 10.2 Å². The van der Waals surface area contributed by atoms with Gasteiger partial charge < -0.3 is 11.1 Å². The Morgan fingerprint density at radius 1 is 1.60 bits per heavy atom.